The van der Waals surface area contributed by atoms with Crippen molar-refractivity contribution in [2.75, 3.05) is 0 Å². The molecular formula is C9H18. The van der Waals surface area contributed by atoms with Crippen molar-refractivity contribution in [3.8, 4) is 0 Å². The second-order valence-corrected chi connectivity index (χ2v) is 3.82. The first-order valence-corrected chi connectivity index (χ1v) is 4.22. The third-order valence-electron chi connectivity index (χ3n) is 2.78. The lowest BCUT2D eigenvalue weighted by Crippen LogP contribution is -2.10. The molecule has 0 saturated heterocycles. The highest BCUT2D eigenvalue weighted by molar-refractivity contribution is 4.75. The van der Waals surface area contributed by atoms with Crippen LogP contribution in [0.5, 0.6) is 0 Å². The summed E-state index contributed by atoms with van der Waals surface area (Å²) >= 11 is 0. The van der Waals surface area contributed by atoms with Crippen LogP contribution in [-0.2, 0) is 0 Å². The summed E-state index contributed by atoms with van der Waals surface area (Å²) in [4.78, 5) is 0. The van der Waals surface area contributed by atoms with Crippen molar-refractivity contribution < 1.29 is 0 Å². The summed E-state index contributed by atoms with van der Waals surface area (Å²) in [5.74, 6) is 2.96. The summed E-state index contributed by atoms with van der Waals surface area (Å²) in [7, 11) is 0. The van der Waals surface area contributed by atoms with Crippen molar-refractivity contribution in [1.29, 1.82) is 0 Å². The summed E-state index contributed by atoms with van der Waals surface area (Å²) in [5, 5.41) is 0. The van der Waals surface area contributed by atoms with Crippen molar-refractivity contribution in [1.82, 2.24) is 0 Å². The lowest BCUT2D eigenvalue weighted by molar-refractivity contribution is 0.314. The van der Waals surface area contributed by atoms with Gasteiger partial charge < -0.3 is 0 Å². The molecule has 1 aliphatic carbocycles. The molecule has 2 unspecified atom stereocenters. The maximum absolute atomic E-state index is 2.40. The Morgan fingerprint density at radius 1 is 1.22 bits per heavy atom. The van der Waals surface area contributed by atoms with E-state index < -0.39 is 0 Å². The molecule has 0 spiro atoms. The van der Waals surface area contributed by atoms with Crippen molar-refractivity contribution >= 4 is 0 Å². The SMILES string of the molecule is CC(C)C1CCCC1C. The van der Waals surface area contributed by atoms with E-state index in [0.29, 0.717) is 0 Å². The van der Waals surface area contributed by atoms with E-state index in [2.05, 4.69) is 20.8 Å². The van der Waals surface area contributed by atoms with Gasteiger partial charge in [0.2, 0.25) is 0 Å². The maximum atomic E-state index is 2.40. The molecule has 0 aromatic heterocycles. The van der Waals surface area contributed by atoms with Crippen molar-refractivity contribution in [2.24, 2.45) is 17.8 Å². The van der Waals surface area contributed by atoms with Crippen LogP contribution in [-0.4, -0.2) is 0 Å². The maximum Gasteiger partial charge on any atom is -0.0365 e. The molecule has 54 valence electrons. The van der Waals surface area contributed by atoms with Crippen molar-refractivity contribution in [3.63, 3.8) is 0 Å². The van der Waals surface area contributed by atoms with Crippen molar-refractivity contribution in [2.45, 2.75) is 40.0 Å². The molecule has 0 aromatic rings. The molecule has 1 saturated carbocycles. The summed E-state index contributed by atoms with van der Waals surface area (Å²) < 4.78 is 0. The van der Waals surface area contributed by atoms with Gasteiger partial charge in [-0.1, -0.05) is 33.6 Å². The Balaban J connectivity index is 2.40. The van der Waals surface area contributed by atoms with Gasteiger partial charge in [-0.3, -0.25) is 0 Å². The molecule has 0 radical (unpaired) electrons. The van der Waals surface area contributed by atoms with Crippen LogP contribution in [0.25, 0.3) is 0 Å². The molecule has 0 heterocycles. The number of hydrogen-bond donors (Lipinski definition) is 0. The van der Waals surface area contributed by atoms with Gasteiger partial charge in [0, 0.05) is 0 Å². The van der Waals surface area contributed by atoms with Gasteiger partial charge >= 0.3 is 0 Å². The second-order valence-electron chi connectivity index (χ2n) is 3.82. The fraction of sp³-hybridized carbons (Fsp3) is 1.00. The molecule has 1 rings (SSSR count). The van der Waals surface area contributed by atoms with Crippen LogP contribution in [0, 0.1) is 17.8 Å². The molecule has 0 aliphatic heterocycles. The van der Waals surface area contributed by atoms with Crippen LogP contribution >= 0.6 is 0 Å². The van der Waals surface area contributed by atoms with E-state index in [1.54, 1.807) is 0 Å². The first-order valence-electron chi connectivity index (χ1n) is 4.22. The van der Waals surface area contributed by atoms with Crippen LogP contribution < -0.4 is 0 Å². The topological polar surface area (TPSA) is 0 Å². The lowest BCUT2D eigenvalue weighted by atomic mass is 9.87. The van der Waals surface area contributed by atoms with Gasteiger partial charge in [-0.15, -0.1) is 0 Å². The standard InChI is InChI=1S/C9H18/c1-7(2)9-6-4-5-8(9)3/h7-9H,4-6H2,1-3H3. The zero-order valence-electron chi connectivity index (χ0n) is 6.85. The van der Waals surface area contributed by atoms with Crippen LogP contribution in [0.3, 0.4) is 0 Å². The Bertz CT molecular complexity index is 84.0. The Labute approximate surface area is 58.7 Å². The Morgan fingerprint density at radius 2 is 1.89 bits per heavy atom. The van der Waals surface area contributed by atoms with Crippen LogP contribution in [0.4, 0.5) is 0 Å². The normalized spacial score (nSPS) is 36.0. The minimum Gasteiger partial charge on any atom is -0.0625 e. The highest BCUT2D eigenvalue weighted by Crippen LogP contribution is 2.35. The summed E-state index contributed by atoms with van der Waals surface area (Å²) in [6, 6.07) is 0. The van der Waals surface area contributed by atoms with E-state index in [1.165, 1.54) is 19.3 Å². The number of rotatable bonds is 1. The lowest BCUT2D eigenvalue weighted by Gasteiger charge is -2.18. The number of hydrogen-bond acceptors (Lipinski definition) is 0. The monoisotopic (exact) mass is 126 g/mol. The molecule has 2 atom stereocenters. The van der Waals surface area contributed by atoms with Gasteiger partial charge in [0.15, 0.2) is 0 Å². The predicted octanol–water partition coefficient (Wildman–Crippen LogP) is 3.08. The molecule has 0 N–H and O–H groups in total. The summed E-state index contributed by atoms with van der Waals surface area (Å²) in [6.07, 6.45) is 4.44. The third kappa shape index (κ3) is 1.47. The second kappa shape index (κ2) is 2.72. The molecule has 0 amide bonds. The fourth-order valence-corrected chi connectivity index (χ4v) is 2.16. The van der Waals surface area contributed by atoms with E-state index >= 15 is 0 Å². The van der Waals surface area contributed by atoms with Gasteiger partial charge in [0.25, 0.3) is 0 Å². The molecule has 1 aliphatic rings. The molecular weight excluding hydrogens is 108 g/mol. The highest BCUT2D eigenvalue weighted by atomic mass is 14.3. The van der Waals surface area contributed by atoms with E-state index in [4.69, 9.17) is 0 Å². The molecule has 9 heavy (non-hydrogen) atoms. The largest absolute Gasteiger partial charge is 0.0625 e. The average Bonchev–Trinajstić information content (AvgIpc) is 2.13. The van der Waals surface area contributed by atoms with Crippen LogP contribution in [0.15, 0.2) is 0 Å². The summed E-state index contributed by atoms with van der Waals surface area (Å²) in [6.45, 7) is 7.11. The first-order chi connectivity index (χ1) is 4.22. The zero-order valence-corrected chi connectivity index (χ0v) is 6.85. The Kier molecular flexibility index (Phi) is 2.15. The van der Waals surface area contributed by atoms with Crippen LogP contribution in [0.1, 0.15) is 40.0 Å². The minimum atomic E-state index is 0.919. The molecule has 0 bridgehead atoms. The quantitative estimate of drug-likeness (QED) is 0.506. The highest BCUT2D eigenvalue weighted by Gasteiger charge is 2.25. The van der Waals surface area contributed by atoms with Gasteiger partial charge in [-0.25, -0.2) is 0 Å². The molecule has 0 aromatic carbocycles. The predicted molar refractivity (Wildman–Crippen MR) is 41.3 cm³/mol. The Hall–Kier alpha value is 0. The summed E-state index contributed by atoms with van der Waals surface area (Å²) in [5.41, 5.74) is 0. The molecule has 1 fully saturated rings. The van der Waals surface area contributed by atoms with E-state index in [9.17, 15) is 0 Å². The minimum absolute atomic E-state index is 0.919. The average molecular weight is 126 g/mol. The van der Waals surface area contributed by atoms with E-state index in [1.807, 2.05) is 0 Å². The van der Waals surface area contributed by atoms with E-state index in [0.717, 1.165) is 17.8 Å². The third-order valence-corrected chi connectivity index (χ3v) is 2.78. The molecule has 0 nitrogen and oxygen atoms in total. The van der Waals surface area contributed by atoms with Gasteiger partial charge in [-0.05, 0) is 24.2 Å². The van der Waals surface area contributed by atoms with Crippen molar-refractivity contribution in [3.05, 3.63) is 0 Å². The smallest absolute Gasteiger partial charge is 0.0365 e. The fourth-order valence-electron chi connectivity index (χ4n) is 2.16. The van der Waals surface area contributed by atoms with E-state index in [-0.39, 0.29) is 0 Å². The van der Waals surface area contributed by atoms with Gasteiger partial charge in [0.05, 0.1) is 0 Å². The van der Waals surface area contributed by atoms with Gasteiger partial charge in [-0.2, -0.15) is 0 Å². The first kappa shape index (κ1) is 7.11. The molecule has 0 heteroatoms. The Morgan fingerprint density at radius 3 is 2.11 bits per heavy atom. The zero-order chi connectivity index (χ0) is 6.85. The van der Waals surface area contributed by atoms with Crippen LogP contribution in [0.2, 0.25) is 0 Å². The van der Waals surface area contributed by atoms with Gasteiger partial charge in [0.1, 0.15) is 0 Å².